The fourth-order valence-corrected chi connectivity index (χ4v) is 3.85. The van der Waals surface area contributed by atoms with Crippen molar-refractivity contribution in [2.75, 3.05) is 0 Å². The molecule has 0 aliphatic rings. The first-order chi connectivity index (χ1) is 16.7. The van der Waals surface area contributed by atoms with E-state index in [1.807, 2.05) is 66.9 Å². The highest BCUT2D eigenvalue weighted by Crippen LogP contribution is 2.26. The number of carbonyl (C=O) groups excluding carboxylic acids is 1. The summed E-state index contributed by atoms with van der Waals surface area (Å²) in [4.78, 5) is 15.1. The maximum Gasteiger partial charge on any atom is 0.290 e. The van der Waals surface area contributed by atoms with Crippen LogP contribution in [0.15, 0.2) is 114 Å². The Kier molecular flexibility index (Phi) is 6.03. The molecule has 3 aromatic carbocycles. The Bertz CT molecular complexity index is 1360. The van der Waals surface area contributed by atoms with Gasteiger partial charge in [0.15, 0.2) is 5.76 Å². The van der Waals surface area contributed by atoms with Crippen molar-refractivity contribution in [3.8, 4) is 16.9 Å². The van der Waals surface area contributed by atoms with E-state index in [2.05, 4.69) is 0 Å². The molecule has 0 atom stereocenters. The van der Waals surface area contributed by atoms with Gasteiger partial charge in [-0.05, 0) is 54.1 Å². The van der Waals surface area contributed by atoms with Crippen LogP contribution in [0.3, 0.4) is 0 Å². The minimum atomic E-state index is -0.313. The molecule has 6 heteroatoms. The molecule has 0 N–H and O–H groups in total. The first-order valence-electron chi connectivity index (χ1n) is 10.9. The molecule has 0 radical (unpaired) electrons. The summed E-state index contributed by atoms with van der Waals surface area (Å²) >= 11 is 0. The molecule has 5 nitrogen and oxygen atoms in total. The van der Waals surface area contributed by atoms with Gasteiger partial charge in [-0.1, -0.05) is 48.5 Å². The maximum atomic E-state index is 13.6. The van der Waals surface area contributed by atoms with Crippen LogP contribution < -0.4 is 0 Å². The molecule has 34 heavy (non-hydrogen) atoms. The van der Waals surface area contributed by atoms with E-state index in [4.69, 9.17) is 9.52 Å². The van der Waals surface area contributed by atoms with Gasteiger partial charge in [0.1, 0.15) is 5.82 Å². The van der Waals surface area contributed by atoms with Gasteiger partial charge in [-0.3, -0.25) is 4.79 Å². The van der Waals surface area contributed by atoms with E-state index in [0.717, 1.165) is 22.4 Å². The molecule has 0 aliphatic carbocycles. The summed E-state index contributed by atoms with van der Waals surface area (Å²) in [5, 5.41) is 4.80. The predicted molar refractivity (Wildman–Crippen MR) is 128 cm³/mol. The minimum Gasteiger partial charge on any atom is -0.459 e. The number of nitrogens with zero attached hydrogens (tertiary/aromatic N) is 3. The molecular formula is C28H22FN3O2. The van der Waals surface area contributed by atoms with Gasteiger partial charge in [0.25, 0.3) is 5.91 Å². The Hall–Kier alpha value is -4.45. The van der Waals surface area contributed by atoms with E-state index in [-0.39, 0.29) is 17.5 Å². The SMILES string of the molecule is O=C(c1ccco1)N(Cc1ccccc1)Cc1cn(-c2ccccc2)nc1-c1ccc(F)cc1. The fraction of sp³-hybridized carbons (Fsp3) is 0.0714. The Morgan fingerprint density at radius 1 is 0.853 bits per heavy atom. The molecule has 0 fully saturated rings. The summed E-state index contributed by atoms with van der Waals surface area (Å²) in [7, 11) is 0. The predicted octanol–water partition coefficient (Wildman–Crippen LogP) is 6.11. The van der Waals surface area contributed by atoms with Gasteiger partial charge in [0.2, 0.25) is 0 Å². The second-order valence-corrected chi connectivity index (χ2v) is 7.91. The van der Waals surface area contributed by atoms with Gasteiger partial charge in [0, 0.05) is 23.9 Å². The molecule has 2 heterocycles. The third-order valence-electron chi connectivity index (χ3n) is 5.53. The van der Waals surface area contributed by atoms with E-state index in [1.165, 1.54) is 18.4 Å². The summed E-state index contributed by atoms with van der Waals surface area (Å²) in [6.07, 6.45) is 3.41. The lowest BCUT2D eigenvalue weighted by Gasteiger charge is -2.22. The molecule has 0 aliphatic heterocycles. The smallest absolute Gasteiger partial charge is 0.290 e. The average molecular weight is 452 g/mol. The lowest BCUT2D eigenvalue weighted by molar-refractivity contribution is 0.0698. The number of hydrogen-bond acceptors (Lipinski definition) is 3. The fourth-order valence-electron chi connectivity index (χ4n) is 3.85. The van der Waals surface area contributed by atoms with E-state index in [1.54, 1.807) is 33.8 Å². The molecule has 0 unspecified atom stereocenters. The van der Waals surface area contributed by atoms with Crippen molar-refractivity contribution in [2.45, 2.75) is 13.1 Å². The average Bonchev–Trinajstić information content (AvgIpc) is 3.56. The van der Waals surface area contributed by atoms with Gasteiger partial charge in [-0.15, -0.1) is 0 Å². The Morgan fingerprint density at radius 2 is 1.56 bits per heavy atom. The van der Waals surface area contributed by atoms with Crippen molar-refractivity contribution >= 4 is 5.91 Å². The highest BCUT2D eigenvalue weighted by Gasteiger charge is 2.22. The Morgan fingerprint density at radius 3 is 2.24 bits per heavy atom. The number of furan rings is 1. The van der Waals surface area contributed by atoms with Crippen LogP contribution >= 0.6 is 0 Å². The highest BCUT2D eigenvalue weighted by molar-refractivity contribution is 5.91. The zero-order valence-corrected chi connectivity index (χ0v) is 18.3. The first-order valence-corrected chi connectivity index (χ1v) is 10.9. The van der Waals surface area contributed by atoms with Crippen LogP contribution in [0, 0.1) is 5.82 Å². The second-order valence-electron chi connectivity index (χ2n) is 7.91. The normalized spacial score (nSPS) is 10.9. The van der Waals surface area contributed by atoms with Crippen LogP contribution in [0.2, 0.25) is 0 Å². The van der Waals surface area contributed by atoms with E-state index in [0.29, 0.717) is 18.8 Å². The summed E-state index contributed by atoms with van der Waals surface area (Å²) in [6, 6.07) is 29.1. The van der Waals surface area contributed by atoms with Crippen molar-refractivity contribution < 1.29 is 13.6 Å². The number of rotatable bonds is 7. The van der Waals surface area contributed by atoms with Gasteiger partial charge < -0.3 is 9.32 Å². The second kappa shape index (κ2) is 9.58. The van der Waals surface area contributed by atoms with E-state index in [9.17, 15) is 9.18 Å². The molecular weight excluding hydrogens is 429 g/mol. The zero-order valence-electron chi connectivity index (χ0n) is 18.3. The number of aromatic nitrogens is 2. The summed E-state index contributed by atoms with van der Waals surface area (Å²) in [5.41, 5.74) is 4.20. The maximum absolute atomic E-state index is 13.6. The van der Waals surface area contributed by atoms with Gasteiger partial charge in [-0.25, -0.2) is 9.07 Å². The van der Waals surface area contributed by atoms with Crippen molar-refractivity contribution in [2.24, 2.45) is 0 Å². The van der Waals surface area contributed by atoms with Crippen molar-refractivity contribution in [1.82, 2.24) is 14.7 Å². The molecule has 0 bridgehead atoms. The molecule has 0 saturated heterocycles. The summed E-state index contributed by atoms with van der Waals surface area (Å²) in [6.45, 7) is 0.702. The number of benzene rings is 3. The van der Waals surface area contributed by atoms with Crippen LogP contribution in [0.5, 0.6) is 0 Å². The number of amides is 1. The molecule has 168 valence electrons. The van der Waals surface area contributed by atoms with Crippen LogP contribution in [0.4, 0.5) is 4.39 Å². The number of hydrogen-bond donors (Lipinski definition) is 0. The topological polar surface area (TPSA) is 51.3 Å². The van der Waals surface area contributed by atoms with Crippen molar-refractivity contribution in [3.05, 3.63) is 132 Å². The van der Waals surface area contributed by atoms with Gasteiger partial charge >= 0.3 is 0 Å². The third kappa shape index (κ3) is 4.66. The Labute approximate surface area is 196 Å². The van der Waals surface area contributed by atoms with E-state index >= 15 is 0 Å². The van der Waals surface area contributed by atoms with Crippen LogP contribution in [0.1, 0.15) is 21.7 Å². The van der Waals surface area contributed by atoms with Crippen molar-refractivity contribution in [1.29, 1.82) is 0 Å². The molecule has 5 rings (SSSR count). The summed E-state index contributed by atoms with van der Waals surface area (Å²) < 4.78 is 20.8. The minimum absolute atomic E-state index is 0.216. The first kappa shape index (κ1) is 21.4. The molecule has 1 amide bonds. The number of halogens is 1. The largest absolute Gasteiger partial charge is 0.459 e. The lowest BCUT2D eigenvalue weighted by Crippen LogP contribution is -2.30. The molecule has 5 aromatic rings. The summed E-state index contributed by atoms with van der Waals surface area (Å²) in [5.74, 6) is -0.257. The molecule has 0 saturated carbocycles. The van der Waals surface area contributed by atoms with Crippen LogP contribution in [0.25, 0.3) is 16.9 Å². The van der Waals surface area contributed by atoms with Crippen LogP contribution in [-0.4, -0.2) is 20.6 Å². The lowest BCUT2D eigenvalue weighted by atomic mass is 10.1. The number of para-hydroxylation sites is 1. The van der Waals surface area contributed by atoms with Gasteiger partial charge in [-0.2, -0.15) is 5.10 Å². The van der Waals surface area contributed by atoms with Crippen LogP contribution in [-0.2, 0) is 13.1 Å². The van der Waals surface area contributed by atoms with Gasteiger partial charge in [0.05, 0.1) is 24.2 Å². The van der Waals surface area contributed by atoms with Crippen molar-refractivity contribution in [3.63, 3.8) is 0 Å². The van der Waals surface area contributed by atoms with E-state index < -0.39 is 0 Å². The molecule has 2 aromatic heterocycles. The number of carbonyl (C=O) groups is 1. The highest BCUT2D eigenvalue weighted by atomic mass is 19.1. The third-order valence-corrected chi connectivity index (χ3v) is 5.53. The zero-order chi connectivity index (χ0) is 23.3. The standard InChI is InChI=1S/C28H22FN3O2/c29-24-15-13-22(14-16-24)27-23(20-32(30-27)25-10-5-2-6-11-25)19-31(18-21-8-3-1-4-9-21)28(33)26-12-7-17-34-26/h1-17,20H,18-19H2. The quantitative estimate of drug-likeness (QED) is 0.300. The monoisotopic (exact) mass is 451 g/mol. The Balaban J connectivity index is 1.55. The molecule has 0 spiro atoms.